The Morgan fingerprint density at radius 1 is 1.30 bits per heavy atom. The fourth-order valence-corrected chi connectivity index (χ4v) is 3.40. The summed E-state index contributed by atoms with van der Waals surface area (Å²) in [5.41, 5.74) is 3.51. The number of nitrogens with zero attached hydrogens (tertiary/aromatic N) is 4. The molecule has 2 rings (SSSR count). The molecule has 8 heteroatoms. The molecule has 1 aromatic heterocycles. The lowest BCUT2D eigenvalue weighted by Gasteiger charge is -2.20. The lowest BCUT2D eigenvalue weighted by Crippen LogP contribution is -2.22. The standard InChI is InChI=1S/C22H29N4O2PS/c1-15(2)20-19(8-6-5-7-17(27)13-14-23)21(16-9-11-18(29)12-10-16)25-22(24-20)26(3)30(4)28/h6,8-12,15,17,27H,5,7,13,29H2,1-4H3/b8-6+. The number of nitriles is 1. The third-order valence-corrected chi connectivity index (χ3v) is 5.96. The van der Waals surface area contributed by atoms with Crippen LogP contribution >= 0.6 is 9.24 Å². The Labute approximate surface area is 183 Å². The van der Waals surface area contributed by atoms with Crippen LogP contribution in [-0.4, -0.2) is 38.7 Å². The number of hydrogen-bond donors (Lipinski definition) is 1. The minimum absolute atomic E-state index is 0.133. The molecular formula is C22H29N4O2PS. The van der Waals surface area contributed by atoms with Crippen molar-refractivity contribution in [3.63, 3.8) is 0 Å². The van der Waals surface area contributed by atoms with E-state index in [1.54, 1.807) is 17.6 Å². The highest BCUT2D eigenvalue weighted by Gasteiger charge is 2.19. The first-order valence-corrected chi connectivity index (χ1v) is 11.9. The van der Waals surface area contributed by atoms with Crippen molar-refractivity contribution in [3.05, 3.63) is 41.6 Å². The first kappa shape index (κ1) is 24.1. The Hall–Kier alpha value is -2.13. The maximum absolute atomic E-state index is 12.0. The summed E-state index contributed by atoms with van der Waals surface area (Å²) in [5.74, 6) is 0.556. The van der Waals surface area contributed by atoms with Gasteiger partial charge in [-0.05, 0) is 24.1 Å². The molecule has 6 nitrogen and oxygen atoms in total. The predicted octanol–water partition coefficient (Wildman–Crippen LogP) is 3.57. The molecule has 0 aliphatic rings. The zero-order valence-corrected chi connectivity index (χ0v) is 19.8. The SMILES string of the molecule is CC(C)c1nc(N(C)S(C)=O)nc(-c2ccc(P)cc2)c1/C=C/CCC(O)CC#N. The molecule has 1 N–H and O–H groups in total. The second-order valence-electron chi connectivity index (χ2n) is 7.36. The molecule has 0 aliphatic heterocycles. The van der Waals surface area contributed by atoms with Gasteiger partial charge in [0, 0.05) is 24.4 Å². The van der Waals surface area contributed by atoms with E-state index >= 15 is 0 Å². The van der Waals surface area contributed by atoms with Crippen molar-refractivity contribution < 1.29 is 9.32 Å². The number of rotatable bonds is 9. The first-order valence-electron chi connectivity index (χ1n) is 9.81. The number of allylic oxidation sites excluding steroid dienone is 1. The van der Waals surface area contributed by atoms with Gasteiger partial charge in [-0.15, -0.1) is 9.24 Å². The summed E-state index contributed by atoms with van der Waals surface area (Å²) in [7, 11) is 3.15. The number of anilines is 1. The molecule has 0 aliphatic carbocycles. The van der Waals surface area contributed by atoms with Crippen molar-refractivity contribution in [2.24, 2.45) is 0 Å². The van der Waals surface area contributed by atoms with E-state index in [1.165, 1.54) is 0 Å². The van der Waals surface area contributed by atoms with Crippen LogP contribution in [0.2, 0.25) is 0 Å². The third-order valence-electron chi connectivity index (χ3n) is 4.64. The predicted molar refractivity (Wildman–Crippen MR) is 128 cm³/mol. The van der Waals surface area contributed by atoms with E-state index in [0.29, 0.717) is 18.8 Å². The molecule has 160 valence electrons. The molecule has 3 atom stereocenters. The zero-order valence-electron chi connectivity index (χ0n) is 17.9. The van der Waals surface area contributed by atoms with Crippen LogP contribution in [0.1, 0.15) is 50.3 Å². The molecule has 0 saturated carbocycles. The van der Waals surface area contributed by atoms with Gasteiger partial charge in [0.1, 0.15) is 11.0 Å². The van der Waals surface area contributed by atoms with Gasteiger partial charge >= 0.3 is 0 Å². The van der Waals surface area contributed by atoms with Crippen molar-refractivity contribution in [2.75, 3.05) is 17.6 Å². The van der Waals surface area contributed by atoms with Gasteiger partial charge in [-0.2, -0.15) is 5.26 Å². The van der Waals surface area contributed by atoms with Crippen LogP contribution in [0.25, 0.3) is 17.3 Å². The highest BCUT2D eigenvalue weighted by atomic mass is 32.2. The van der Waals surface area contributed by atoms with Crippen molar-refractivity contribution in [3.8, 4) is 17.3 Å². The normalized spacial score (nSPS) is 13.4. The number of benzene rings is 1. The Kier molecular flexibility index (Phi) is 9.10. The van der Waals surface area contributed by atoms with E-state index in [1.807, 2.05) is 42.5 Å². The summed E-state index contributed by atoms with van der Waals surface area (Å²) >= 11 is 0. The van der Waals surface area contributed by atoms with E-state index < -0.39 is 17.1 Å². The van der Waals surface area contributed by atoms with Gasteiger partial charge in [-0.1, -0.05) is 50.3 Å². The van der Waals surface area contributed by atoms with E-state index in [-0.39, 0.29) is 12.3 Å². The van der Waals surface area contributed by atoms with E-state index in [2.05, 4.69) is 23.1 Å². The molecule has 0 saturated heterocycles. The number of aliphatic hydroxyl groups excluding tert-OH is 1. The van der Waals surface area contributed by atoms with E-state index in [4.69, 9.17) is 15.2 Å². The average molecular weight is 445 g/mol. The average Bonchev–Trinajstić information content (AvgIpc) is 2.71. The topological polar surface area (TPSA) is 90.1 Å². The number of aliphatic hydroxyl groups is 1. The van der Waals surface area contributed by atoms with Crippen molar-refractivity contribution in [2.45, 2.75) is 45.1 Å². The van der Waals surface area contributed by atoms with Gasteiger partial charge < -0.3 is 5.11 Å². The van der Waals surface area contributed by atoms with Crippen molar-refractivity contribution in [1.82, 2.24) is 9.97 Å². The molecule has 0 fully saturated rings. The fraction of sp³-hybridized carbons (Fsp3) is 0.409. The second-order valence-corrected chi connectivity index (χ2v) is 9.43. The Morgan fingerprint density at radius 2 is 1.97 bits per heavy atom. The summed E-state index contributed by atoms with van der Waals surface area (Å²) in [4.78, 5) is 9.47. The lowest BCUT2D eigenvalue weighted by atomic mass is 9.97. The molecule has 0 amide bonds. The van der Waals surface area contributed by atoms with Crippen LogP contribution < -0.4 is 9.61 Å². The molecule has 0 radical (unpaired) electrons. The van der Waals surface area contributed by atoms with Gasteiger partial charge in [-0.25, -0.2) is 14.2 Å². The maximum Gasteiger partial charge on any atom is 0.237 e. The second kappa shape index (κ2) is 11.3. The van der Waals surface area contributed by atoms with Gasteiger partial charge in [0.2, 0.25) is 5.95 Å². The van der Waals surface area contributed by atoms with Crippen LogP contribution in [0.15, 0.2) is 30.3 Å². The summed E-state index contributed by atoms with van der Waals surface area (Å²) in [6, 6.07) is 10.0. The molecule has 3 unspecified atom stereocenters. The van der Waals surface area contributed by atoms with Crippen LogP contribution in [0.5, 0.6) is 0 Å². The zero-order chi connectivity index (χ0) is 22.3. The van der Waals surface area contributed by atoms with Crippen molar-refractivity contribution >= 4 is 37.6 Å². The van der Waals surface area contributed by atoms with Crippen LogP contribution in [0.3, 0.4) is 0 Å². The van der Waals surface area contributed by atoms with Crippen LogP contribution in [0, 0.1) is 11.3 Å². The summed E-state index contributed by atoms with van der Waals surface area (Å²) in [6.45, 7) is 4.14. The van der Waals surface area contributed by atoms with E-state index in [9.17, 15) is 9.32 Å². The molecular weight excluding hydrogens is 415 g/mol. The van der Waals surface area contributed by atoms with Crippen LogP contribution in [-0.2, 0) is 11.0 Å². The highest BCUT2D eigenvalue weighted by molar-refractivity contribution is 7.85. The molecule has 1 heterocycles. The number of aromatic nitrogens is 2. The van der Waals surface area contributed by atoms with Gasteiger partial charge in [0.25, 0.3) is 0 Å². The van der Waals surface area contributed by atoms with Gasteiger partial charge in [-0.3, -0.25) is 4.31 Å². The molecule has 0 bridgehead atoms. The maximum atomic E-state index is 12.0. The van der Waals surface area contributed by atoms with E-state index in [0.717, 1.165) is 27.8 Å². The molecule has 1 aromatic carbocycles. The highest BCUT2D eigenvalue weighted by Crippen LogP contribution is 2.31. The van der Waals surface area contributed by atoms with Gasteiger partial charge in [0.05, 0.1) is 30.0 Å². The minimum atomic E-state index is -1.24. The summed E-state index contributed by atoms with van der Waals surface area (Å²) in [5, 5.41) is 19.5. The lowest BCUT2D eigenvalue weighted by molar-refractivity contribution is 0.171. The Bertz CT molecular complexity index is 955. The van der Waals surface area contributed by atoms with Crippen LogP contribution in [0.4, 0.5) is 5.95 Å². The summed E-state index contributed by atoms with van der Waals surface area (Å²) < 4.78 is 13.6. The molecule has 2 aromatic rings. The Morgan fingerprint density at radius 3 is 2.53 bits per heavy atom. The van der Waals surface area contributed by atoms with Crippen molar-refractivity contribution in [1.29, 1.82) is 5.26 Å². The molecule has 0 spiro atoms. The first-order chi connectivity index (χ1) is 14.2. The third kappa shape index (κ3) is 6.43. The van der Waals surface area contributed by atoms with Gasteiger partial charge in [0.15, 0.2) is 0 Å². The minimum Gasteiger partial charge on any atom is -0.392 e. The largest absolute Gasteiger partial charge is 0.392 e. The fourth-order valence-electron chi connectivity index (χ4n) is 2.89. The monoisotopic (exact) mass is 444 g/mol. The summed E-state index contributed by atoms with van der Waals surface area (Å²) in [6.07, 6.45) is 6.26. The number of hydrogen-bond acceptors (Lipinski definition) is 5. The quantitative estimate of drug-likeness (QED) is 0.597. The molecule has 30 heavy (non-hydrogen) atoms. The smallest absolute Gasteiger partial charge is 0.237 e. The Balaban J connectivity index is 2.55.